The van der Waals surface area contributed by atoms with E-state index in [9.17, 15) is 5.26 Å². The second kappa shape index (κ2) is 13.0. The molecular weight excluding hydrogens is 561 g/mol. The molecule has 0 atom stereocenters. The number of aromatic nitrogens is 1. The molecule has 10 heteroatoms. The first-order valence-electron chi connectivity index (χ1n) is 13.7. The first-order valence-corrected chi connectivity index (χ1v) is 14.4. The highest BCUT2D eigenvalue weighted by Crippen LogP contribution is 2.41. The molecule has 0 spiro atoms. The van der Waals surface area contributed by atoms with Gasteiger partial charge in [0.05, 0.1) is 59.5 Å². The molecule has 2 aromatic carbocycles. The van der Waals surface area contributed by atoms with Crippen LogP contribution >= 0.6 is 23.2 Å². The molecule has 0 radical (unpaired) electrons. The predicted molar refractivity (Wildman–Crippen MR) is 164 cm³/mol. The zero-order valence-corrected chi connectivity index (χ0v) is 25.0. The molecule has 0 unspecified atom stereocenters. The Bertz CT molecular complexity index is 1570. The number of nitriles is 1. The minimum atomic E-state index is 0.359. The van der Waals surface area contributed by atoms with E-state index in [1.165, 1.54) is 26.5 Å². The Morgan fingerprint density at radius 1 is 1.00 bits per heavy atom. The van der Waals surface area contributed by atoms with E-state index in [2.05, 4.69) is 39.2 Å². The number of ether oxygens (including phenoxy) is 2. The highest BCUT2D eigenvalue weighted by atomic mass is 35.5. The fourth-order valence-corrected chi connectivity index (χ4v) is 5.63. The Hall–Kier alpha value is -3.48. The minimum Gasteiger partial charge on any atom is -0.496 e. The van der Waals surface area contributed by atoms with Crippen molar-refractivity contribution in [1.29, 1.82) is 5.26 Å². The average Bonchev–Trinajstić information content (AvgIpc) is 3.45. The average molecular weight is 595 g/mol. The predicted octanol–water partition coefficient (Wildman–Crippen LogP) is 7.35. The summed E-state index contributed by atoms with van der Waals surface area (Å²) in [6.07, 6.45) is 5.79. The minimum absolute atomic E-state index is 0.359. The van der Waals surface area contributed by atoms with Gasteiger partial charge in [0.15, 0.2) is 0 Å². The van der Waals surface area contributed by atoms with Gasteiger partial charge in [0.25, 0.3) is 0 Å². The summed E-state index contributed by atoms with van der Waals surface area (Å²) in [5.41, 5.74) is 3.91. The van der Waals surface area contributed by atoms with E-state index in [4.69, 9.17) is 37.1 Å². The van der Waals surface area contributed by atoms with E-state index >= 15 is 0 Å². The summed E-state index contributed by atoms with van der Waals surface area (Å²) in [6.45, 7) is 8.42. The van der Waals surface area contributed by atoms with Gasteiger partial charge in [-0.15, -0.1) is 0 Å². The van der Waals surface area contributed by atoms with E-state index in [0.717, 1.165) is 49.6 Å². The third kappa shape index (κ3) is 6.39. The lowest BCUT2D eigenvalue weighted by atomic mass is 10.0. The number of anilines is 2. The van der Waals surface area contributed by atoms with Crippen molar-refractivity contribution in [2.45, 2.75) is 26.3 Å². The van der Waals surface area contributed by atoms with Crippen LogP contribution < -0.4 is 14.8 Å². The molecule has 3 heterocycles. The van der Waals surface area contributed by atoms with Gasteiger partial charge >= 0.3 is 0 Å². The zero-order valence-electron chi connectivity index (χ0n) is 23.5. The Morgan fingerprint density at radius 3 is 2.46 bits per heavy atom. The van der Waals surface area contributed by atoms with E-state index in [1.807, 2.05) is 12.1 Å². The lowest BCUT2D eigenvalue weighted by Crippen LogP contribution is -2.46. The number of unbranched alkanes of at least 4 members (excludes halogenated alkanes) is 1. The van der Waals surface area contributed by atoms with Crippen molar-refractivity contribution < 1.29 is 13.9 Å². The Kier molecular flexibility index (Phi) is 9.21. The Morgan fingerprint density at radius 2 is 1.76 bits per heavy atom. The molecule has 0 bridgehead atoms. The number of nitrogens with one attached hydrogen (secondary N) is 1. The van der Waals surface area contributed by atoms with E-state index in [-0.39, 0.29) is 0 Å². The van der Waals surface area contributed by atoms with Gasteiger partial charge in [-0.3, -0.25) is 9.88 Å². The van der Waals surface area contributed by atoms with Crippen LogP contribution in [0.4, 0.5) is 11.4 Å². The van der Waals surface area contributed by atoms with Crippen LogP contribution in [0.2, 0.25) is 10.0 Å². The molecule has 41 heavy (non-hydrogen) atoms. The van der Waals surface area contributed by atoms with Crippen molar-refractivity contribution in [2.75, 3.05) is 52.3 Å². The Balaban J connectivity index is 1.43. The summed E-state index contributed by atoms with van der Waals surface area (Å²) in [4.78, 5) is 9.55. The largest absolute Gasteiger partial charge is 0.496 e. The van der Waals surface area contributed by atoms with Crippen molar-refractivity contribution in [3.8, 4) is 28.7 Å². The fraction of sp³-hybridized carbons (Fsp3) is 0.355. The number of benzene rings is 2. The molecule has 0 aliphatic carbocycles. The van der Waals surface area contributed by atoms with Gasteiger partial charge in [0.1, 0.15) is 23.3 Å². The maximum atomic E-state index is 9.86. The number of halogens is 2. The molecule has 1 saturated heterocycles. The van der Waals surface area contributed by atoms with Crippen LogP contribution in [-0.2, 0) is 6.54 Å². The van der Waals surface area contributed by atoms with Crippen molar-refractivity contribution in [1.82, 2.24) is 14.8 Å². The van der Waals surface area contributed by atoms with Crippen LogP contribution in [0, 0.1) is 11.3 Å². The summed E-state index contributed by atoms with van der Waals surface area (Å²) in [7, 11) is 3.16. The summed E-state index contributed by atoms with van der Waals surface area (Å²) < 4.78 is 17.1. The van der Waals surface area contributed by atoms with Crippen LogP contribution in [0.3, 0.4) is 0 Å². The summed E-state index contributed by atoms with van der Waals surface area (Å²) in [5.74, 6) is 2.00. The molecule has 2 aromatic heterocycles. The van der Waals surface area contributed by atoms with Crippen molar-refractivity contribution in [3.63, 3.8) is 0 Å². The topological polar surface area (TPSA) is 86.8 Å². The van der Waals surface area contributed by atoms with Crippen molar-refractivity contribution >= 4 is 45.5 Å². The van der Waals surface area contributed by atoms with Crippen LogP contribution in [-0.4, -0.2) is 61.7 Å². The second-order valence-corrected chi connectivity index (χ2v) is 10.9. The van der Waals surface area contributed by atoms with Crippen LogP contribution in [0.15, 0.2) is 47.2 Å². The Labute approximate surface area is 250 Å². The number of pyridine rings is 1. The van der Waals surface area contributed by atoms with Gasteiger partial charge in [-0.1, -0.05) is 36.5 Å². The zero-order chi connectivity index (χ0) is 28.9. The van der Waals surface area contributed by atoms with E-state index in [0.29, 0.717) is 49.4 Å². The van der Waals surface area contributed by atoms with E-state index in [1.54, 1.807) is 31.7 Å². The van der Waals surface area contributed by atoms with Crippen molar-refractivity contribution in [2.24, 2.45) is 0 Å². The SMILES string of the molecule is CCCCN1CCN(Cc2cc(-c3cc4ncc(C#N)c(Nc5cc(OC)c(Cl)cc5Cl)c4cc3OC)co2)CC1. The number of nitrogens with zero attached hydrogens (tertiary/aromatic N) is 4. The van der Waals surface area contributed by atoms with Gasteiger partial charge < -0.3 is 24.1 Å². The van der Waals surface area contributed by atoms with Gasteiger partial charge in [0, 0.05) is 55.0 Å². The highest BCUT2D eigenvalue weighted by Gasteiger charge is 2.20. The summed E-state index contributed by atoms with van der Waals surface area (Å²) in [6, 6.07) is 11.4. The normalized spacial score (nSPS) is 14.2. The quantitative estimate of drug-likeness (QED) is 0.204. The first kappa shape index (κ1) is 29.0. The number of hydrogen-bond acceptors (Lipinski definition) is 8. The first-order chi connectivity index (χ1) is 19.9. The molecule has 8 nitrogen and oxygen atoms in total. The van der Waals surface area contributed by atoms with Crippen LogP contribution in [0.5, 0.6) is 11.5 Å². The fourth-order valence-electron chi connectivity index (χ4n) is 5.13. The molecule has 1 N–H and O–H groups in total. The monoisotopic (exact) mass is 593 g/mol. The molecule has 0 amide bonds. The van der Waals surface area contributed by atoms with Gasteiger partial charge in [-0.05, 0) is 37.2 Å². The molecule has 0 saturated carbocycles. The molecule has 214 valence electrons. The number of piperazine rings is 1. The van der Waals surface area contributed by atoms with Gasteiger partial charge in [-0.25, -0.2) is 0 Å². The number of fused-ring (bicyclic) bond motifs is 1. The molecular formula is C31H33Cl2N5O3. The van der Waals surface area contributed by atoms with E-state index < -0.39 is 0 Å². The van der Waals surface area contributed by atoms with Crippen LogP contribution in [0.1, 0.15) is 31.1 Å². The number of furan rings is 1. The van der Waals surface area contributed by atoms with Gasteiger partial charge in [0.2, 0.25) is 0 Å². The number of rotatable bonds is 10. The molecule has 5 rings (SSSR count). The summed E-state index contributed by atoms with van der Waals surface area (Å²) in [5, 5.41) is 14.6. The lowest BCUT2D eigenvalue weighted by Gasteiger charge is -2.34. The standard InChI is InChI=1S/C31H33Cl2N5O3/c1-4-5-6-37-7-9-38(10-8-37)18-22-11-20(19-41-22)23-12-27-24(13-29(23)39-2)31(21(16-34)17-35-27)36-28-15-30(40-3)26(33)14-25(28)32/h11-15,17,19H,4-10,18H2,1-3H3,(H,35,36). The van der Waals surface area contributed by atoms with Crippen molar-refractivity contribution in [3.05, 3.63) is 64.2 Å². The summed E-state index contributed by atoms with van der Waals surface area (Å²) >= 11 is 12.7. The maximum absolute atomic E-state index is 9.86. The number of hydrogen-bond donors (Lipinski definition) is 1. The third-order valence-electron chi connectivity index (χ3n) is 7.45. The molecule has 1 aliphatic rings. The molecule has 1 fully saturated rings. The second-order valence-electron chi connectivity index (χ2n) is 10.1. The molecule has 1 aliphatic heterocycles. The molecule has 4 aromatic rings. The third-order valence-corrected chi connectivity index (χ3v) is 8.06. The van der Waals surface area contributed by atoms with Crippen LogP contribution in [0.25, 0.3) is 22.0 Å². The highest BCUT2D eigenvalue weighted by molar-refractivity contribution is 6.37. The maximum Gasteiger partial charge on any atom is 0.139 e. The smallest absolute Gasteiger partial charge is 0.139 e. The lowest BCUT2D eigenvalue weighted by molar-refractivity contribution is 0.120. The van der Waals surface area contributed by atoms with Gasteiger partial charge in [-0.2, -0.15) is 5.26 Å². The number of methoxy groups -OCH3 is 2.